The first kappa shape index (κ1) is 14.1. The summed E-state index contributed by atoms with van der Waals surface area (Å²) in [7, 11) is 0. The summed E-state index contributed by atoms with van der Waals surface area (Å²) >= 11 is 1.19. The first-order chi connectivity index (χ1) is 9.54. The number of carbonyl (C=O) groups is 2. The van der Waals surface area contributed by atoms with Crippen molar-refractivity contribution in [2.45, 2.75) is 13.5 Å². The second kappa shape index (κ2) is 6.21. The number of nitrogens with one attached hydrogen (secondary N) is 1. The van der Waals surface area contributed by atoms with Gasteiger partial charge in [-0.3, -0.25) is 4.79 Å². The van der Waals surface area contributed by atoms with Gasteiger partial charge in [-0.15, -0.1) is 11.3 Å². The number of benzene rings is 1. The third-order valence-electron chi connectivity index (χ3n) is 2.43. The summed E-state index contributed by atoms with van der Waals surface area (Å²) in [5.74, 6) is -0.399. The van der Waals surface area contributed by atoms with E-state index in [1.54, 1.807) is 36.4 Å². The zero-order valence-corrected chi connectivity index (χ0v) is 11.6. The van der Waals surface area contributed by atoms with Gasteiger partial charge >= 0.3 is 5.97 Å². The topological polar surface area (TPSA) is 75.6 Å². The molecule has 6 heteroatoms. The monoisotopic (exact) mass is 291 g/mol. The lowest BCUT2D eigenvalue weighted by atomic mass is 10.3. The molecule has 0 fully saturated rings. The number of hydrogen-bond donors (Lipinski definition) is 2. The van der Waals surface area contributed by atoms with E-state index in [2.05, 4.69) is 5.32 Å². The molecular formula is C14H13NO4S. The van der Waals surface area contributed by atoms with Crippen LogP contribution in [0.25, 0.3) is 0 Å². The minimum atomic E-state index is -0.930. The average molecular weight is 291 g/mol. The Morgan fingerprint density at radius 1 is 1.20 bits per heavy atom. The van der Waals surface area contributed by atoms with Crippen LogP contribution < -0.4 is 10.1 Å². The summed E-state index contributed by atoms with van der Waals surface area (Å²) in [5, 5.41) is 11.5. The van der Waals surface area contributed by atoms with Crippen molar-refractivity contribution in [3.05, 3.63) is 46.2 Å². The van der Waals surface area contributed by atoms with E-state index in [0.29, 0.717) is 22.9 Å². The molecule has 0 saturated heterocycles. The van der Waals surface area contributed by atoms with Crippen molar-refractivity contribution in [3.8, 4) is 5.75 Å². The van der Waals surface area contributed by atoms with Gasteiger partial charge in [-0.2, -0.15) is 0 Å². The molecule has 0 radical (unpaired) electrons. The van der Waals surface area contributed by atoms with Crippen LogP contribution in [0.4, 0.5) is 5.69 Å². The zero-order valence-electron chi connectivity index (χ0n) is 10.8. The molecule has 0 unspecified atom stereocenters. The molecule has 0 aliphatic carbocycles. The van der Waals surface area contributed by atoms with Crippen LogP contribution in [0.3, 0.4) is 0 Å². The molecule has 1 aromatic carbocycles. The number of ether oxygens (including phenoxy) is 1. The van der Waals surface area contributed by atoms with Crippen LogP contribution in [-0.4, -0.2) is 17.0 Å². The molecule has 2 aromatic rings. The maximum atomic E-state index is 10.9. The fourth-order valence-corrected chi connectivity index (χ4v) is 2.32. The van der Waals surface area contributed by atoms with Crippen LogP contribution in [0.5, 0.6) is 5.75 Å². The van der Waals surface area contributed by atoms with Crippen molar-refractivity contribution in [2.24, 2.45) is 0 Å². The number of aromatic carboxylic acids is 1. The number of amides is 1. The Morgan fingerprint density at radius 3 is 2.45 bits per heavy atom. The highest BCUT2D eigenvalue weighted by Gasteiger charge is 2.07. The molecule has 20 heavy (non-hydrogen) atoms. The Morgan fingerprint density at radius 2 is 1.90 bits per heavy atom. The fraction of sp³-hybridized carbons (Fsp3) is 0.143. The Bertz CT molecular complexity index is 618. The predicted octanol–water partition coefficient (Wildman–Crippen LogP) is 2.98. The molecule has 2 rings (SSSR count). The Balaban J connectivity index is 1.93. The van der Waals surface area contributed by atoms with Gasteiger partial charge in [0.15, 0.2) is 0 Å². The number of carboxylic acid groups (broad SMARTS) is 1. The van der Waals surface area contributed by atoms with Crippen molar-refractivity contribution in [2.75, 3.05) is 5.32 Å². The molecule has 1 aromatic heterocycles. The molecule has 5 nitrogen and oxygen atoms in total. The van der Waals surface area contributed by atoms with E-state index in [1.165, 1.54) is 18.3 Å². The molecular weight excluding hydrogens is 278 g/mol. The minimum Gasteiger partial charge on any atom is -0.488 e. The number of carbonyl (C=O) groups excluding carboxylic acids is 1. The lowest BCUT2D eigenvalue weighted by Crippen LogP contribution is -2.05. The SMILES string of the molecule is CC(=O)Nc1ccc(OCc2ccc(C(=O)O)s2)cc1. The van der Waals surface area contributed by atoms with Crippen LogP contribution in [0.2, 0.25) is 0 Å². The molecule has 0 bridgehead atoms. The molecule has 2 N–H and O–H groups in total. The maximum absolute atomic E-state index is 10.9. The quantitative estimate of drug-likeness (QED) is 0.888. The van der Waals surface area contributed by atoms with E-state index in [-0.39, 0.29) is 5.91 Å². The van der Waals surface area contributed by atoms with Crippen LogP contribution in [0.15, 0.2) is 36.4 Å². The fourth-order valence-electron chi connectivity index (χ4n) is 1.56. The molecule has 0 aliphatic heterocycles. The molecule has 0 saturated carbocycles. The second-order valence-electron chi connectivity index (χ2n) is 4.07. The van der Waals surface area contributed by atoms with Crippen molar-refractivity contribution in [1.82, 2.24) is 0 Å². The van der Waals surface area contributed by atoms with Crippen molar-refractivity contribution < 1.29 is 19.4 Å². The number of anilines is 1. The van der Waals surface area contributed by atoms with Gasteiger partial charge < -0.3 is 15.2 Å². The van der Waals surface area contributed by atoms with E-state index >= 15 is 0 Å². The van der Waals surface area contributed by atoms with E-state index < -0.39 is 5.97 Å². The van der Waals surface area contributed by atoms with Crippen molar-refractivity contribution in [3.63, 3.8) is 0 Å². The molecule has 0 atom stereocenters. The van der Waals surface area contributed by atoms with Gasteiger partial charge in [-0.05, 0) is 36.4 Å². The summed E-state index contributed by atoms with van der Waals surface area (Å²) in [6.45, 7) is 1.76. The maximum Gasteiger partial charge on any atom is 0.345 e. The summed E-state index contributed by atoms with van der Waals surface area (Å²) in [4.78, 5) is 22.8. The number of hydrogen-bond acceptors (Lipinski definition) is 4. The summed E-state index contributed by atoms with van der Waals surface area (Å²) in [6, 6.07) is 10.3. The Labute approximate surface area is 119 Å². The van der Waals surface area contributed by atoms with Gasteiger partial charge in [0, 0.05) is 17.5 Å². The van der Waals surface area contributed by atoms with E-state index in [9.17, 15) is 9.59 Å². The lowest BCUT2D eigenvalue weighted by molar-refractivity contribution is -0.114. The number of carboxylic acids is 1. The highest BCUT2D eigenvalue weighted by molar-refractivity contribution is 7.13. The summed E-state index contributed by atoms with van der Waals surface area (Å²) in [6.07, 6.45) is 0. The third-order valence-corrected chi connectivity index (χ3v) is 3.47. The Kier molecular flexibility index (Phi) is 4.37. The largest absolute Gasteiger partial charge is 0.488 e. The van der Waals surface area contributed by atoms with Gasteiger partial charge in [0.2, 0.25) is 5.91 Å². The first-order valence-corrected chi connectivity index (χ1v) is 6.69. The van der Waals surface area contributed by atoms with E-state index in [1.807, 2.05) is 0 Å². The third kappa shape index (κ3) is 3.83. The van der Waals surface area contributed by atoms with Gasteiger partial charge in [0.1, 0.15) is 17.2 Å². The lowest BCUT2D eigenvalue weighted by Gasteiger charge is -2.06. The van der Waals surface area contributed by atoms with Crippen LogP contribution >= 0.6 is 11.3 Å². The van der Waals surface area contributed by atoms with Gasteiger partial charge in [-0.25, -0.2) is 4.79 Å². The van der Waals surface area contributed by atoms with Gasteiger partial charge in [0.05, 0.1) is 0 Å². The molecule has 1 heterocycles. The van der Waals surface area contributed by atoms with Gasteiger partial charge in [-0.1, -0.05) is 0 Å². The zero-order chi connectivity index (χ0) is 14.5. The van der Waals surface area contributed by atoms with E-state index in [0.717, 1.165) is 4.88 Å². The van der Waals surface area contributed by atoms with Crippen LogP contribution in [0.1, 0.15) is 21.5 Å². The number of thiophene rings is 1. The molecule has 1 amide bonds. The first-order valence-electron chi connectivity index (χ1n) is 5.87. The summed E-state index contributed by atoms with van der Waals surface area (Å²) in [5.41, 5.74) is 0.703. The van der Waals surface area contributed by atoms with Crippen LogP contribution in [0, 0.1) is 0 Å². The Hall–Kier alpha value is -2.34. The summed E-state index contributed by atoms with van der Waals surface area (Å²) < 4.78 is 5.55. The average Bonchev–Trinajstić information content (AvgIpc) is 2.86. The van der Waals surface area contributed by atoms with Crippen molar-refractivity contribution >= 4 is 28.9 Å². The highest BCUT2D eigenvalue weighted by atomic mass is 32.1. The standard InChI is InChI=1S/C14H13NO4S/c1-9(16)15-10-2-4-11(5-3-10)19-8-12-6-7-13(20-12)14(17)18/h2-7H,8H2,1H3,(H,15,16)(H,17,18). The predicted molar refractivity (Wildman–Crippen MR) is 76.4 cm³/mol. The smallest absolute Gasteiger partial charge is 0.345 e. The normalized spacial score (nSPS) is 10.1. The number of rotatable bonds is 5. The molecule has 0 spiro atoms. The minimum absolute atomic E-state index is 0.126. The molecule has 104 valence electrons. The highest BCUT2D eigenvalue weighted by Crippen LogP contribution is 2.20. The van der Waals surface area contributed by atoms with Crippen molar-refractivity contribution in [1.29, 1.82) is 0 Å². The molecule has 0 aliphatic rings. The second-order valence-corrected chi connectivity index (χ2v) is 5.23. The van der Waals surface area contributed by atoms with E-state index in [4.69, 9.17) is 9.84 Å². The van der Waals surface area contributed by atoms with Gasteiger partial charge in [0.25, 0.3) is 0 Å². The van der Waals surface area contributed by atoms with Crippen LogP contribution in [-0.2, 0) is 11.4 Å².